The first-order valence-corrected chi connectivity index (χ1v) is 7.28. The Labute approximate surface area is 138 Å². The average Bonchev–Trinajstić information content (AvgIpc) is 2.55. The molecule has 1 amide bonds. The van der Waals surface area contributed by atoms with Crippen LogP contribution in [0.5, 0.6) is 5.75 Å². The third-order valence-electron chi connectivity index (χ3n) is 3.31. The van der Waals surface area contributed by atoms with Crippen LogP contribution in [0.4, 0.5) is 0 Å². The fraction of sp³-hybridized carbons (Fsp3) is 0.176. The van der Waals surface area contributed by atoms with Crippen LogP contribution in [0.3, 0.4) is 0 Å². The van der Waals surface area contributed by atoms with Crippen LogP contribution in [-0.4, -0.2) is 24.1 Å². The zero-order chi connectivity index (χ0) is 16.8. The smallest absolute Gasteiger partial charge is 0.330 e. The molecule has 0 spiro atoms. The van der Waals surface area contributed by atoms with Crippen molar-refractivity contribution >= 4 is 23.5 Å². The summed E-state index contributed by atoms with van der Waals surface area (Å²) in [5, 5.41) is 12.3. The van der Waals surface area contributed by atoms with Gasteiger partial charge < -0.3 is 15.2 Å². The van der Waals surface area contributed by atoms with Crippen LogP contribution in [0.2, 0.25) is 5.02 Å². The number of carboxylic acids is 1. The van der Waals surface area contributed by atoms with Crippen molar-refractivity contribution < 1.29 is 19.4 Å². The molecule has 2 aromatic rings. The number of hydrogen-bond donors (Lipinski definition) is 2. The van der Waals surface area contributed by atoms with E-state index in [1.807, 2.05) is 0 Å². The molecule has 0 aliphatic rings. The summed E-state index contributed by atoms with van der Waals surface area (Å²) in [6, 6.07) is 12.3. The molecule has 0 saturated heterocycles. The highest BCUT2D eigenvalue weighted by Gasteiger charge is 2.22. The molecular formula is C17H16ClNO4. The lowest BCUT2D eigenvalue weighted by atomic mass is 10.1. The van der Waals surface area contributed by atoms with E-state index in [1.165, 1.54) is 7.11 Å². The van der Waals surface area contributed by atoms with Gasteiger partial charge in [0.15, 0.2) is 6.04 Å². The summed E-state index contributed by atoms with van der Waals surface area (Å²) in [5.74, 6) is -0.940. The van der Waals surface area contributed by atoms with Crippen LogP contribution < -0.4 is 10.1 Å². The van der Waals surface area contributed by atoms with E-state index in [2.05, 4.69) is 5.32 Å². The van der Waals surface area contributed by atoms with Crippen molar-refractivity contribution in [3.63, 3.8) is 0 Å². The zero-order valence-corrected chi connectivity index (χ0v) is 13.2. The van der Waals surface area contributed by atoms with Crippen molar-refractivity contribution in [2.75, 3.05) is 7.11 Å². The second-order valence-corrected chi connectivity index (χ2v) is 5.29. The van der Waals surface area contributed by atoms with Gasteiger partial charge in [-0.1, -0.05) is 41.9 Å². The predicted molar refractivity (Wildman–Crippen MR) is 86.7 cm³/mol. The number of carboxylic acid groups (broad SMARTS) is 1. The number of benzene rings is 2. The predicted octanol–water partition coefficient (Wildman–Crippen LogP) is 2.83. The molecule has 2 rings (SSSR count). The molecule has 5 nitrogen and oxygen atoms in total. The minimum Gasteiger partial charge on any atom is -0.497 e. The first-order chi connectivity index (χ1) is 11.0. The second-order valence-electron chi connectivity index (χ2n) is 4.88. The summed E-state index contributed by atoms with van der Waals surface area (Å²) in [5.41, 5.74) is 1.11. The van der Waals surface area contributed by atoms with Crippen molar-refractivity contribution in [1.29, 1.82) is 0 Å². The van der Waals surface area contributed by atoms with E-state index in [9.17, 15) is 14.7 Å². The summed E-state index contributed by atoms with van der Waals surface area (Å²) in [6.07, 6.45) is 0.0135. The number of rotatable bonds is 6. The van der Waals surface area contributed by atoms with Gasteiger partial charge in [-0.3, -0.25) is 4.79 Å². The monoisotopic (exact) mass is 333 g/mol. The lowest BCUT2D eigenvalue weighted by Gasteiger charge is -2.15. The summed E-state index contributed by atoms with van der Waals surface area (Å²) < 4.78 is 5.03. The molecule has 120 valence electrons. The molecule has 0 fully saturated rings. The van der Waals surface area contributed by atoms with Crippen LogP contribution in [0.1, 0.15) is 17.2 Å². The molecule has 0 aliphatic heterocycles. The van der Waals surface area contributed by atoms with E-state index in [0.29, 0.717) is 21.9 Å². The fourth-order valence-corrected chi connectivity index (χ4v) is 2.31. The van der Waals surface area contributed by atoms with Gasteiger partial charge in [0.1, 0.15) is 5.75 Å². The van der Waals surface area contributed by atoms with Gasteiger partial charge >= 0.3 is 5.97 Å². The van der Waals surface area contributed by atoms with Gasteiger partial charge in [-0.05, 0) is 29.3 Å². The quantitative estimate of drug-likeness (QED) is 0.852. The van der Waals surface area contributed by atoms with Crippen LogP contribution in [0.15, 0.2) is 48.5 Å². The Kier molecular flexibility index (Phi) is 5.60. The van der Waals surface area contributed by atoms with Gasteiger partial charge in [-0.2, -0.15) is 0 Å². The minimum absolute atomic E-state index is 0.0135. The van der Waals surface area contributed by atoms with Crippen molar-refractivity contribution in [2.45, 2.75) is 12.5 Å². The number of methoxy groups -OCH3 is 1. The van der Waals surface area contributed by atoms with E-state index in [1.54, 1.807) is 48.5 Å². The maximum absolute atomic E-state index is 12.1. The number of aliphatic carboxylic acids is 1. The molecule has 0 aliphatic carbocycles. The maximum atomic E-state index is 12.1. The number of ether oxygens (including phenoxy) is 1. The van der Waals surface area contributed by atoms with Crippen molar-refractivity contribution in [3.8, 4) is 5.75 Å². The zero-order valence-electron chi connectivity index (χ0n) is 12.5. The first-order valence-electron chi connectivity index (χ1n) is 6.91. The molecule has 1 atom stereocenters. The lowest BCUT2D eigenvalue weighted by Crippen LogP contribution is -2.34. The Hall–Kier alpha value is -2.53. The lowest BCUT2D eigenvalue weighted by molar-refractivity contribution is -0.141. The van der Waals surface area contributed by atoms with E-state index in [0.717, 1.165) is 0 Å². The molecule has 0 saturated carbocycles. The van der Waals surface area contributed by atoms with E-state index >= 15 is 0 Å². The molecule has 2 aromatic carbocycles. The number of carbonyl (C=O) groups is 2. The summed E-state index contributed by atoms with van der Waals surface area (Å²) in [4.78, 5) is 23.6. The largest absolute Gasteiger partial charge is 0.497 e. The summed E-state index contributed by atoms with van der Waals surface area (Å²) in [7, 11) is 1.52. The van der Waals surface area contributed by atoms with Crippen molar-refractivity contribution in [1.82, 2.24) is 5.32 Å². The SMILES string of the molecule is COc1ccc(C(NC(=O)Cc2ccccc2Cl)C(=O)O)cc1. The van der Waals surface area contributed by atoms with Crippen LogP contribution in [0, 0.1) is 0 Å². The molecular weight excluding hydrogens is 318 g/mol. The number of amides is 1. The van der Waals surface area contributed by atoms with Gasteiger partial charge in [-0.25, -0.2) is 4.79 Å². The minimum atomic E-state index is -1.14. The molecule has 0 aromatic heterocycles. The van der Waals surface area contributed by atoms with E-state index in [-0.39, 0.29) is 6.42 Å². The standard InChI is InChI=1S/C17H16ClNO4/c1-23-13-8-6-11(7-9-13)16(17(21)22)19-15(20)10-12-4-2-3-5-14(12)18/h2-9,16H,10H2,1H3,(H,19,20)(H,21,22). The Morgan fingerprint density at radius 2 is 1.83 bits per heavy atom. The van der Waals surface area contributed by atoms with Gasteiger partial charge in [-0.15, -0.1) is 0 Å². The molecule has 0 heterocycles. The highest BCUT2D eigenvalue weighted by atomic mass is 35.5. The Morgan fingerprint density at radius 1 is 1.17 bits per heavy atom. The van der Waals surface area contributed by atoms with Gasteiger partial charge in [0.2, 0.25) is 5.91 Å². The Balaban J connectivity index is 2.11. The summed E-state index contributed by atoms with van der Waals surface area (Å²) in [6.45, 7) is 0. The number of hydrogen-bond acceptors (Lipinski definition) is 3. The van der Waals surface area contributed by atoms with Crippen LogP contribution in [0.25, 0.3) is 0 Å². The van der Waals surface area contributed by atoms with E-state index < -0.39 is 17.9 Å². The Morgan fingerprint density at radius 3 is 2.39 bits per heavy atom. The molecule has 1 unspecified atom stereocenters. The first kappa shape index (κ1) is 16.8. The van der Waals surface area contributed by atoms with Gasteiger partial charge in [0.25, 0.3) is 0 Å². The highest BCUT2D eigenvalue weighted by Crippen LogP contribution is 2.19. The second kappa shape index (κ2) is 7.65. The fourth-order valence-electron chi connectivity index (χ4n) is 2.11. The van der Waals surface area contributed by atoms with Gasteiger partial charge in [0.05, 0.1) is 13.5 Å². The third kappa shape index (κ3) is 4.47. The molecule has 0 bridgehead atoms. The number of nitrogens with one attached hydrogen (secondary N) is 1. The normalized spacial score (nSPS) is 11.6. The van der Waals surface area contributed by atoms with Crippen molar-refractivity contribution in [2.24, 2.45) is 0 Å². The average molecular weight is 334 g/mol. The third-order valence-corrected chi connectivity index (χ3v) is 3.68. The molecule has 23 heavy (non-hydrogen) atoms. The molecule has 6 heteroatoms. The molecule has 0 radical (unpaired) electrons. The number of halogens is 1. The number of carbonyl (C=O) groups excluding carboxylic acids is 1. The Bertz CT molecular complexity index is 700. The maximum Gasteiger partial charge on any atom is 0.330 e. The van der Waals surface area contributed by atoms with E-state index in [4.69, 9.17) is 16.3 Å². The van der Waals surface area contributed by atoms with Crippen molar-refractivity contribution in [3.05, 3.63) is 64.7 Å². The highest BCUT2D eigenvalue weighted by molar-refractivity contribution is 6.31. The topological polar surface area (TPSA) is 75.6 Å². The van der Waals surface area contributed by atoms with Gasteiger partial charge in [0, 0.05) is 5.02 Å². The van der Waals surface area contributed by atoms with Crippen LogP contribution in [-0.2, 0) is 16.0 Å². The summed E-state index contributed by atoms with van der Waals surface area (Å²) >= 11 is 6.01. The van der Waals surface area contributed by atoms with Crippen LogP contribution >= 0.6 is 11.6 Å². The molecule has 2 N–H and O–H groups in total.